The Hall–Kier alpha value is -7.52. The summed E-state index contributed by atoms with van der Waals surface area (Å²) in [4.78, 5) is 19.4. The van der Waals surface area contributed by atoms with Gasteiger partial charge in [0.25, 0.3) is 0 Å². The second-order valence-corrected chi connectivity index (χ2v) is 17.5. The summed E-state index contributed by atoms with van der Waals surface area (Å²) in [6.07, 6.45) is 7.33. The normalized spacial score (nSPS) is 12.3. The van der Waals surface area contributed by atoms with Gasteiger partial charge in [0.15, 0.2) is 0 Å². The minimum atomic E-state index is 0.663. The lowest BCUT2D eigenvalue weighted by molar-refractivity contribution is 0.991. The van der Waals surface area contributed by atoms with Crippen LogP contribution in [-0.2, 0) is 0 Å². The van der Waals surface area contributed by atoms with Crippen molar-refractivity contribution in [2.24, 2.45) is 0 Å². The van der Waals surface area contributed by atoms with E-state index in [2.05, 4.69) is 143 Å². The highest BCUT2D eigenvalue weighted by Crippen LogP contribution is 2.50. The second kappa shape index (κ2) is 12.0. The molecule has 0 bridgehead atoms. The van der Waals surface area contributed by atoms with E-state index in [-0.39, 0.29) is 0 Å². The Morgan fingerprint density at radius 1 is 0.333 bits per heavy atom. The van der Waals surface area contributed by atoms with Gasteiger partial charge >= 0.3 is 0 Å². The molecular formula is C52H28N6S2. The van der Waals surface area contributed by atoms with Gasteiger partial charge < -0.3 is 0 Å². The van der Waals surface area contributed by atoms with Crippen LogP contribution in [0.5, 0.6) is 0 Å². The summed E-state index contributed by atoms with van der Waals surface area (Å²) >= 11 is 3.70. The molecule has 0 fully saturated rings. The van der Waals surface area contributed by atoms with Gasteiger partial charge in [-0.1, -0.05) is 97.1 Å². The standard InChI is InChI=1S/C52H28N6S2/c1-3-13-33-31(11-1)43-37-27-29(19-21-39(37)57(51-53-23-9-24-54-51)47(43)49-45(33)35-15-5-7-17-41(35)59-49)30-20-22-40-38(28-30)44-32-12-2-4-14-34(32)46-36-16-6-8-18-42(36)60-50(46)48(44)58(40)52-55-25-10-26-56-52/h1-28H. The molecule has 0 unspecified atom stereocenters. The zero-order valence-corrected chi connectivity index (χ0v) is 33.3. The highest BCUT2D eigenvalue weighted by Gasteiger charge is 2.25. The zero-order chi connectivity index (χ0) is 39.1. The van der Waals surface area contributed by atoms with Crippen molar-refractivity contribution in [3.8, 4) is 23.0 Å². The second-order valence-electron chi connectivity index (χ2n) is 15.4. The van der Waals surface area contributed by atoms with Gasteiger partial charge in [0.1, 0.15) is 0 Å². The lowest BCUT2D eigenvalue weighted by atomic mass is 9.96. The van der Waals surface area contributed by atoms with E-state index in [0.29, 0.717) is 11.9 Å². The number of benzene rings is 8. The van der Waals surface area contributed by atoms with Crippen LogP contribution in [0, 0.1) is 0 Å². The van der Waals surface area contributed by atoms with Crippen LogP contribution < -0.4 is 0 Å². The molecule has 0 aliphatic carbocycles. The molecule has 0 atom stereocenters. The van der Waals surface area contributed by atoms with Crippen LogP contribution >= 0.6 is 22.7 Å². The van der Waals surface area contributed by atoms with Crippen LogP contribution in [-0.4, -0.2) is 29.1 Å². The summed E-state index contributed by atoms with van der Waals surface area (Å²) in [6.45, 7) is 0. The first-order chi connectivity index (χ1) is 29.8. The summed E-state index contributed by atoms with van der Waals surface area (Å²) in [5, 5.41) is 14.8. The molecule has 0 aliphatic rings. The first-order valence-electron chi connectivity index (χ1n) is 20.0. The molecule has 6 nitrogen and oxygen atoms in total. The Balaban J connectivity index is 1.11. The van der Waals surface area contributed by atoms with E-state index < -0.39 is 0 Å². The highest BCUT2D eigenvalue weighted by molar-refractivity contribution is 7.27. The minimum absolute atomic E-state index is 0.663. The van der Waals surface area contributed by atoms with Crippen molar-refractivity contribution in [1.82, 2.24) is 29.1 Å². The van der Waals surface area contributed by atoms with E-state index in [9.17, 15) is 0 Å². The van der Waals surface area contributed by atoms with E-state index in [1.807, 2.05) is 59.6 Å². The number of hydrogen-bond acceptors (Lipinski definition) is 6. The fourth-order valence-corrected chi connectivity index (χ4v) is 12.5. The molecule has 0 saturated carbocycles. The number of rotatable bonds is 3. The van der Waals surface area contributed by atoms with Gasteiger partial charge in [-0.3, -0.25) is 9.13 Å². The molecule has 0 aliphatic heterocycles. The fourth-order valence-electron chi connectivity index (χ4n) is 9.94. The number of hydrogen-bond donors (Lipinski definition) is 0. The van der Waals surface area contributed by atoms with Gasteiger partial charge in [-0.25, -0.2) is 19.9 Å². The van der Waals surface area contributed by atoms with Crippen molar-refractivity contribution in [2.75, 3.05) is 0 Å². The number of thiophene rings is 2. The van der Waals surface area contributed by atoms with Crippen LogP contribution in [0.25, 0.3) is 129 Å². The molecule has 0 saturated heterocycles. The third-order valence-electron chi connectivity index (χ3n) is 12.3. The van der Waals surface area contributed by atoms with Crippen molar-refractivity contribution in [3.05, 3.63) is 170 Å². The van der Waals surface area contributed by atoms with E-state index >= 15 is 0 Å². The molecular weight excluding hydrogens is 773 g/mol. The van der Waals surface area contributed by atoms with Gasteiger partial charge in [0.2, 0.25) is 11.9 Å². The van der Waals surface area contributed by atoms with Crippen molar-refractivity contribution >= 4 is 128 Å². The van der Waals surface area contributed by atoms with Crippen molar-refractivity contribution in [1.29, 1.82) is 0 Å². The quantitative estimate of drug-likeness (QED) is 0.179. The zero-order valence-electron chi connectivity index (χ0n) is 31.7. The molecule has 0 spiro atoms. The summed E-state index contributed by atoms with van der Waals surface area (Å²) in [7, 11) is 0. The summed E-state index contributed by atoms with van der Waals surface area (Å²) in [5.74, 6) is 1.33. The van der Waals surface area contributed by atoms with E-state index in [1.54, 1.807) is 0 Å². The Bertz CT molecular complexity index is 3850. The van der Waals surface area contributed by atoms with E-state index in [0.717, 1.165) is 33.2 Å². The monoisotopic (exact) mass is 800 g/mol. The molecule has 6 aromatic heterocycles. The fraction of sp³-hybridized carbons (Fsp3) is 0. The molecule has 0 N–H and O–H groups in total. The molecule has 278 valence electrons. The predicted molar refractivity (Wildman–Crippen MR) is 253 cm³/mol. The molecule has 8 heteroatoms. The maximum Gasteiger partial charge on any atom is 0.234 e. The van der Waals surface area contributed by atoms with Crippen LogP contribution in [0.2, 0.25) is 0 Å². The first-order valence-corrected chi connectivity index (χ1v) is 21.6. The highest BCUT2D eigenvalue weighted by atomic mass is 32.1. The third-order valence-corrected chi connectivity index (χ3v) is 14.7. The Morgan fingerprint density at radius 3 is 1.12 bits per heavy atom. The summed E-state index contributed by atoms with van der Waals surface area (Å²) < 4.78 is 9.57. The lowest BCUT2D eigenvalue weighted by Crippen LogP contribution is -2.00. The van der Waals surface area contributed by atoms with Gasteiger partial charge in [0.05, 0.1) is 31.5 Å². The third kappa shape index (κ3) is 4.25. The maximum atomic E-state index is 4.84. The molecule has 14 aromatic rings. The van der Waals surface area contributed by atoms with Crippen molar-refractivity contribution in [3.63, 3.8) is 0 Å². The summed E-state index contributed by atoms with van der Waals surface area (Å²) in [5.41, 5.74) is 6.72. The smallest absolute Gasteiger partial charge is 0.234 e. The molecule has 0 amide bonds. The lowest BCUT2D eigenvalue weighted by Gasteiger charge is -2.08. The first kappa shape index (κ1) is 32.4. The van der Waals surface area contributed by atoms with E-state index in [1.165, 1.54) is 83.4 Å². The van der Waals surface area contributed by atoms with Crippen molar-refractivity contribution in [2.45, 2.75) is 0 Å². The topological polar surface area (TPSA) is 61.4 Å². The molecule has 60 heavy (non-hydrogen) atoms. The van der Waals surface area contributed by atoms with Crippen LogP contribution in [0.15, 0.2) is 170 Å². The van der Waals surface area contributed by atoms with Gasteiger partial charge in [-0.2, -0.15) is 0 Å². The minimum Gasteiger partial charge on any atom is -0.276 e. The van der Waals surface area contributed by atoms with Crippen LogP contribution in [0.4, 0.5) is 0 Å². The molecule has 8 aromatic carbocycles. The average molecular weight is 801 g/mol. The van der Waals surface area contributed by atoms with Crippen LogP contribution in [0.1, 0.15) is 0 Å². The van der Waals surface area contributed by atoms with Gasteiger partial charge in [-0.15, -0.1) is 22.7 Å². The average Bonchev–Trinajstić information content (AvgIpc) is 4.07. The number of nitrogens with zero attached hydrogens (tertiary/aromatic N) is 6. The number of fused-ring (bicyclic) bond motifs is 20. The van der Waals surface area contributed by atoms with Crippen LogP contribution in [0.3, 0.4) is 0 Å². The van der Waals surface area contributed by atoms with Gasteiger partial charge in [-0.05, 0) is 81.2 Å². The molecule has 14 rings (SSSR count). The molecule has 0 radical (unpaired) electrons. The van der Waals surface area contributed by atoms with Crippen molar-refractivity contribution < 1.29 is 0 Å². The predicted octanol–water partition coefficient (Wildman–Crippen LogP) is 14.2. The Labute approximate surface area is 348 Å². The SMILES string of the molecule is c1cnc(-n2c3ccc(-c4ccc5c(c4)c4c6ccccc6c6c7ccccc7sc6c4n5-c4ncccn4)cc3c3c4ccccc4c4c5ccccc5sc4c32)nc1. The number of aromatic nitrogens is 6. The van der Waals surface area contributed by atoms with Gasteiger partial charge in [0, 0.05) is 77.3 Å². The van der Waals surface area contributed by atoms with E-state index in [4.69, 9.17) is 19.9 Å². The molecule has 6 heterocycles. The largest absolute Gasteiger partial charge is 0.276 e. The maximum absolute atomic E-state index is 4.84. The summed E-state index contributed by atoms with van der Waals surface area (Å²) in [6, 6.07) is 52.8. The Kier molecular flexibility index (Phi) is 6.50. The Morgan fingerprint density at radius 2 is 0.700 bits per heavy atom.